The first-order valence-electron chi connectivity index (χ1n) is 6.52. The highest BCUT2D eigenvalue weighted by atomic mass is 35.5. The van der Waals surface area contributed by atoms with Crippen molar-refractivity contribution < 1.29 is 14.6 Å². The van der Waals surface area contributed by atoms with Gasteiger partial charge in [0, 0.05) is 20.6 Å². The van der Waals surface area contributed by atoms with E-state index in [4.69, 9.17) is 27.9 Å². The van der Waals surface area contributed by atoms with Gasteiger partial charge in [-0.25, -0.2) is 0 Å². The lowest BCUT2D eigenvalue weighted by Gasteiger charge is -2.20. The lowest BCUT2D eigenvalue weighted by atomic mass is 10.2. The Morgan fingerprint density at radius 2 is 1.95 bits per heavy atom. The number of rotatable bonds is 7. The summed E-state index contributed by atoms with van der Waals surface area (Å²) in [5.41, 5.74) is 0. The highest BCUT2D eigenvalue weighted by molar-refractivity contribution is 6.37. The van der Waals surface area contributed by atoms with Crippen molar-refractivity contribution in [3.8, 4) is 5.75 Å². The second kappa shape index (κ2) is 8.44. The van der Waals surface area contributed by atoms with Crippen molar-refractivity contribution >= 4 is 29.1 Å². The third kappa shape index (κ3) is 5.71. The first kappa shape index (κ1) is 18.0. The highest BCUT2D eigenvalue weighted by Gasteiger charge is 2.16. The molecule has 2 atom stereocenters. The standard InChI is InChI=1S/C14H20Cl2N2O3/c1-9(14(20)18(2)3)17-7-10(19)8-21-13-11(15)5-4-6-12(13)16/h4-6,9-10,17,19H,7-8H2,1-3H3. The Kier molecular flexibility index (Phi) is 7.25. The summed E-state index contributed by atoms with van der Waals surface area (Å²) in [4.78, 5) is 13.1. The third-order valence-corrected chi connectivity index (χ3v) is 3.41. The average Bonchev–Trinajstić information content (AvgIpc) is 2.43. The maximum absolute atomic E-state index is 11.6. The third-order valence-electron chi connectivity index (χ3n) is 2.81. The topological polar surface area (TPSA) is 61.8 Å². The molecule has 0 aliphatic heterocycles. The van der Waals surface area contributed by atoms with E-state index in [1.807, 2.05) is 0 Å². The summed E-state index contributed by atoms with van der Waals surface area (Å²) in [6, 6.07) is 4.65. The van der Waals surface area contributed by atoms with Crippen LogP contribution in [0.3, 0.4) is 0 Å². The van der Waals surface area contributed by atoms with Gasteiger partial charge in [-0.2, -0.15) is 0 Å². The van der Waals surface area contributed by atoms with Gasteiger partial charge in [-0.15, -0.1) is 0 Å². The molecular weight excluding hydrogens is 315 g/mol. The highest BCUT2D eigenvalue weighted by Crippen LogP contribution is 2.32. The molecule has 1 aromatic carbocycles. The van der Waals surface area contributed by atoms with Crippen LogP contribution in [-0.2, 0) is 4.79 Å². The number of benzene rings is 1. The first-order valence-corrected chi connectivity index (χ1v) is 7.28. The average molecular weight is 335 g/mol. The number of hydrogen-bond acceptors (Lipinski definition) is 4. The Hall–Kier alpha value is -1.01. The first-order chi connectivity index (χ1) is 9.82. The molecule has 0 bridgehead atoms. The van der Waals surface area contributed by atoms with Gasteiger partial charge in [0.2, 0.25) is 5.91 Å². The van der Waals surface area contributed by atoms with Crippen LogP contribution < -0.4 is 10.1 Å². The Bertz CT molecular complexity index is 463. The van der Waals surface area contributed by atoms with Crippen molar-refractivity contribution in [3.05, 3.63) is 28.2 Å². The fraction of sp³-hybridized carbons (Fsp3) is 0.500. The smallest absolute Gasteiger partial charge is 0.238 e. The number of halogens is 2. The molecule has 1 rings (SSSR count). The number of carbonyl (C=O) groups excluding carboxylic acids is 1. The van der Waals surface area contributed by atoms with Crippen LogP contribution >= 0.6 is 23.2 Å². The van der Waals surface area contributed by atoms with Crippen LogP contribution in [0.25, 0.3) is 0 Å². The van der Waals surface area contributed by atoms with Crippen LogP contribution in [0.4, 0.5) is 0 Å². The minimum absolute atomic E-state index is 0.0271. The molecule has 0 aliphatic rings. The summed E-state index contributed by atoms with van der Waals surface area (Å²) in [5, 5.41) is 13.6. The summed E-state index contributed by atoms with van der Waals surface area (Å²) >= 11 is 11.9. The molecular formula is C14H20Cl2N2O3. The van der Waals surface area contributed by atoms with E-state index in [1.54, 1.807) is 39.2 Å². The molecule has 1 aromatic rings. The normalized spacial score (nSPS) is 13.6. The summed E-state index contributed by atoms with van der Waals surface area (Å²) in [6.07, 6.45) is -0.783. The Morgan fingerprint density at radius 1 is 1.38 bits per heavy atom. The number of likely N-dealkylation sites (N-methyl/N-ethyl adjacent to an activating group) is 1. The van der Waals surface area contributed by atoms with Crippen LogP contribution in [0.5, 0.6) is 5.75 Å². The number of nitrogens with one attached hydrogen (secondary N) is 1. The molecule has 21 heavy (non-hydrogen) atoms. The number of amides is 1. The van der Waals surface area contributed by atoms with Crippen molar-refractivity contribution in [1.82, 2.24) is 10.2 Å². The molecule has 2 unspecified atom stereocenters. The minimum Gasteiger partial charge on any atom is -0.488 e. The molecule has 0 radical (unpaired) electrons. The zero-order valence-electron chi connectivity index (χ0n) is 12.3. The van der Waals surface area contributed by atoms with Gasteiger partial charge in [0.25, 0.3) is 0 Å². The number of ether oxygens (including phenoxy) is 1. The lowest BCUT2D eigenvalue weighted by Crippen LogP contribution is -2.45. The SMILES string of the molecule is CC(NCC(O)COc1c(Cl)cccc1Cl)C(=O)N(C)C. The molecule has 118 valence electrons. The van der Waals surface area contributed by atoms with Gasteiger partial charge in [0.05, 0.1) is 16.1 Å². The molecule has 1 amide bonds. The summed E-state index contributed by atoms with van der Waals surface area (Å²) in [7, 11) is 3.36. The molecule has 0 saturated carbocycles. The summed E-state index contributed by atoms with van der Waals surface area (Å²) in [6.45, 7) is 1.99. The molecule has 2 N–H and O–H groups in total. The molecule has 0 heterocycles. The predicted molar refractivity (Wildman–Crippen MR) is 84.1 cm³/mol. The fourth-order valence-electron chi connectivity index (χ4n) is 1.65. The number of nitrogens with zero attached hydrogens (tertiary/aromatic N) is 1. The van der Waals surface area contributed by atoms with Gasteiger partial charge in [0.1, 0.15) is 12.7 Å². The monoisotopic (exact) mass is 334 g/mol. The second-order valence-electron chi connectivity index (χ2n) is 4.88. The van der Waals surface area contributed by atoms with Crippen LogP contribution in [0.1, 0.15) is 6.92 Å². The van der Waals surface area contributed by atoms with E-state index in [9.17, 15) is 9.90 Å². The number of para-hydroxylation sites is 1. The number of carbonyl (C=O) groups is 1. The Balaban J connectivity index is 2.41. The maximum atomic E-state index is 11.6. The van der Waals surface area contributed by atoms with E-state index in [2.05, 4.69) is 5.32 Å². The largest absolute Gasteiger partial charge is 0.488 e. The van der Waals surface area contributed by atoms with E-state index in [0.29, 0.717) is 15.8 Å². The molecule has 5 nitrogen and oxygen atoms in total. The second-order valence-corrected chi connectivity index (χ2v) is 5.69. The predicted octanol–water partition coefficient (Wildman–Crippen LogP) is 1.80. The van der Waals surface area contributed by atoms with Crippen LogP contribution in [0, 0.1) is 0 Å². The molecule has 0 aliphatic carbocycles. The maximum Gasteiger partial charge on any atom is 0.238 e. The van der Waals surface area contributed by atoms with Gasteiger partial charge in [0.15, 0.2) is 5.75 Å². The molecule has 0 saturated heterocycles. The van der Waals surface area contributed by atoms with Gasteiger partial charge >= 0.3 is 0 Å². The van der Waals surface area contributed by atoms with Gasteiger partial charge in [-0.1, -0.05) is 29.3 Å². The number of aliphatic hydroxyl groups is 1. The molecule has 0 fully saturated rings. The van der Waals surface area contributed by atoms with E-state index in [0.717, 1.165) is 0 Å². The molecule has 0 aromatic heterocycles. The van der Waals surface area contributed by atoms with Crippen molar-refractivity contribution in [3.63, 3.8) is 0 Å². The Labute approximate surface area is 134 Å². The zero-order valence-corrected chi connectivity index (χ0v) is 13.8. The quantitative estimate of drug-likeness (QED) is 0.798. The van der Waals surface area contributed by atoms with Crippen molar-refractivity contribution in [1.29, 1.82) is 0 Å². The zero-order chi connectivity index (χ0) is 16.0. The molecule has 0 spiro atoms. The summed E-state index contributed by atoms with van der Waals surface area (Å²) < 4.78 is 5.42. The van der Waals surface area contributed by atoms with E-state index in [-0.39, 0.29) is 25.1 Å². The van der Waals surface area contributed by atoms with Crippen LogP contribution in [0.2, 0.25) is 10.0 Å². The number of hydrogen-bond donors (Lipinski definition) is 2. The van der Waals surface area contributed by atoms with E-state index < -0.39 is 6.10 Å². The minimum atomic E-state index is -0.783. The van der Waals surface area contributed by atoms with E-state index >= 15 is 0 Å². The van der Waals surface area contributed by atoms with E-state index in [1.165, 1.54) is 4.90 Å². The molecule has 7 heteroatoms. The van der Waals surface area contributed by atoms with Crippen molar-refractivity contribution in [2.45, 2.75) is 19.1 Å². The lowest BCUT2D eigenvalue weighted by molar-refractivity contribution is -0.130. The van der Waals surface area contributed by atoms with Crippen LogP contribution in [-0.4, -0.2) is 55.3 Å². The van der Waals surface area contributed by atoms with Crippen molar-refractivity contribution in [2.75, 3.05) is 27.2 Å². The summed E-state index contributed by atoms with van der Waals surface area (Å²) in [5.74, 6) is 0.287. The van der Waals surface area contributed by atoms with Gasteiger partial charge in [-0.3, -0.25) is 4.79 Å². The number of aliphatic hydroxyl groups excluding tert-OH is 1. The van der Waals surface area contributed by atoms with Gasteiger partial charge in [-0.05, 0) is 19.1 Å². The fourth-order valence-corrected chi connectivity index (χ4v) is 2.15. The van der Waals surface area contributed by atoms with Gasteiger partial charge < -0.3 is 20.1 Å². The van der Waals surface area contributed by atoms with Crippen molar-refractivity contribution in [2.24, 2.45) is 0 Å². The van der Waals surface area contributed by atoms with Crippen LogP contribution in [0.15, 0.2) is 18.2 Å². The Morgan fingerprint density at radius 3 is 2.48 bits per heavy atom.